The van der Waals surface area contributed by atoms with Crippen molar-refractivity contribution < 1.29 is 14.6 Å². The monoisotopic (exact) mass is 229 g/mol. The molecule has 0 bridgehead atoms. The summed E-state index contributed by atoms with van der Waals surface area (Å²) in [7, 11) is 0. The first-order chi connectivity index (χ1) is 7.67. The molecular formula is C12H23NO3. The lowest BCUT2D eigenvalue weighted by Gasteiger charge is -2.36. The first-order valence-corrected chi connectivity index (χ1v) is 6.21. The maximum Gasteiger partial charge on any atom is 0.222 e. The Morgan fingerprint density at radius 3 is 2.81 bits per heavy atom. The van der Waals surface area contributed by atoms with Crippen LogP contribution in [0.3, 0.4) is 0 Å². The van der Waals surface area contributed by atoms with Gasteiger partial charge in [-0.2, -0.15) is 0 Å². The Labute approximate surface area is 97.6 Å². The molecule has 94 valence electrons. The van der Waals surface area contributed by atoms with Gasteiger partial charge < -0.3 is 14.7 Å². The lowest BCUT2D eigenvalue weighted by atomic mass is 10.1. The van der Waals surface area contributed by atoms with Crippen LogP contribution in [-0.2, 0) is 9.53 Å². The van der Waals surface area contributed by atoms with Crippen LogP contribution in [0.15, 0.2) is 0 Å². The van der Waals surface area contributed by atoms with Crippen molar-refractivity contribution in [1.29, 1.82) is 0 Å². The van der Waals surface area contributed by atoms with E-state index >= 15 is 0 Å². The minimum Gasteiger partial charge on any atom is -0.394 e. The highest BCUT2D eigenvalue weighted by Gasteiger charge is 2.27. The van der Waals surface area contributed by atoms with E-state index in [-0.39, 0.29) is 24.7 Å². The van der Waals surface area contributed by atoms with Gasteiger partial charge >= 0.3 is 0 Å². The summed E-state index contributed by atoms with van der Waals surface area (Å²) in [6, 6.07) is 0. The number of rotatable bonds is 5. The van der Waals surface area contributed by atoms with Gasteiger partial charge in [0.15, 0.2) is 0 Å². The number of nitrogens with zero attached hydrogens (tertiary/aromatic N) is 1. The van der Waals surface area contributed by atoms with Gasteiger partial charge in [0, 0.05) is 19.5 Å². The van der Waals surface area contributed by atoms with Gasteiger partial charge in [0.2, 0.25) is 5.91 Å². The molecule has 0 aromatic rings. The van der Waals surface area contributed by atoms with E-state index in [0.717, 1.165) is 19.3 Å². The van der Waals surface area contributed by atoms with E-state index in [1.807, 2.05) is 11.8 Å². The molecule has 1 aliphatic rings. The van der Waals surface area contributed by atoms with Crippen LogP contribution < -0.4 is 0 Å². The maximum absolute atomic E-state index is 11.9. The molecule has 0 aromatic carbocycles. The van der Waals surface area contributed by atoms with E-state index in [1.54, 1.807) is 0 Å². The molecule has 0 radical (unpaired) electrons. The summed E-state index contributed by atoms with van der Waals surface area (Å²) < 4.78 is 5.50. The summed E-state index contributed by atoms with van der Waals surface area (Å²) >= 11 is 0. The summed E-state index contributed by atoms with van der Waals surface area (Å²) in [5, 5.41) is 9.06. The molecule has 0 aromatic heterocycles. The number of morpholine rings is 1. The number of amides is 1. The van der Waals surface area contributed by atoms with Gasteiger partial charge in [-0.1, -0.05) is 19.8 Å². The van der Waals surface area contributed by atoms with Gasteiger partial charge in [0.25, 0.3) is 0 Å². The van der Waals surface area contributed by atoms with Crippen molar-refractivity contribution >= 4 is 5.91 Å². The highest BCUT2D eigenvalue weighted by molar-refractivity contribution is 5.76. The molecule has 1 rings (SSSR count). The number of carbonyl (C=O) groups is 1. The van der Waals surface area contributed by atoms with Crippen molar-refractivity contribution in [3.8, 4) is 0 Å². The first kappa shape index (κ1) is 13.5. The second-order valence-electron chi connectivity index (χ2n) is 4.51. The minimum absolute atomic E-state index is 0.0108. The zero-order valence-electron chi connectivity index (χ0n) is 10.3. The van der Waals surface area contributed by atoms with Crippen molar-refractivity contribution in [3.63, 3.8) is 0 Å². The van der Waals surface area contributed by atoms with Crippen LogP contribution in [0, 0.1) is 0 Å². The summed E-state index contributed by atoms with van der Waals surface area (Å²) in [5.74, 6) is 0.196. The van der Waals surface area contributed by atoms with Crippen LogP contribution in [0.1, 0.15) is 39.5 Å². The van der Waals surface area contributed by atoms with E-state index in [9.17, 15) is 4.79 Å². The maximum atomic E-state index is 11.9. The lowest BCUT2D eigenvalue weighted by molar-refractivity contribution is -0.147. The molecule has 4 nitrogen and oxygen atoms in total. The van der Waals surface area contributed by atoms with Crippen LogP contribution in [0.4, 0.5) is 0 Å². The lowest BCUT2D eigenvalue weighted by Crippen LogP contribution is -2.50. The Kier molecular flexibility index (Phi) is 5.77. The minimum atomic E-state index is -0.209. The average Bonchev–Trinajstić information content (AvgIpc) is 2.28. The molecule has 0 saturated carbocycles. The predicted octanol–water partition coefficient (Wildman–Crippen LogP) is 1.17. The highest BCUT2D eigenvalue weighted by Crippen LogP contribution is 2.13. The fourth-order valence-corrected chi connectivity index (χ4v) is 2.03. The van der Waals surface area contributed by atoms with Crippen molar-refractivity contribution in [2.45, 2.75) is 51.7 Å². The third-order valence-corrected chi connectivity index (χ3v) is 2.88. The third-order valence-electron chi connectivity index (χ3n) is 2.88. The van der Waals surface area contributed by atoms with E-state index in [0.29, 0.717) is 19.5 Å². The summed E-state index contributed by atoms with van der Waals surface area (Å²) in [4.78, 5) is 13.7. The van der Waals surface area contributed by atoms with Crippen LogP contribution >= 0.6 is 0 Å². The van der Waals surface area contributed by atoms with Crippen molar-refractivity contribution in [2.24, 2.45) is 0 Å². The number of carbonyl (C=O) groups excluding carboxylic acids is 1. The number of hydrogen-bond acceptors (Lipinski definition) is 3. The zero-order valence-corrected chi connectivity index (χ0v) is 10.3. The SMILES string of the molecule is CCCCCC(=O)N1CC(C)OC(CO)C1. The Hall–Kier alpha value is -0.610. The Bertz CT molecular complexity index is 220. The van der Waals surface area contributed by atoms with Crippen LogP contribution in [0.25, 0.3) is 0 Å². The van der Waals surface area contributed by atoms with Crippen LogP contribution in [-0.4, -0.2) is 47.8 Å². The molecule has 2 atom stereocenters. The van der Waals surface area contributed by atoms with Gasteiger partial charge in [0.05, 0.1) is 18.8 Å². The molecule has 1 saturated heterocycles. The fourth-order valence-electron chi connectivity index (χ4n) is 2.03. The largest absolute Gasteiger partial charge is 0.394 e. The second-order valence-corrected chi connectivity index (χ2v) is 4.51. The molecule has 0 aliphatic carbocycles. The fraction of sp³-hybridized carbons (Fsp3) is 0.917. The number of aliphatic hydroxyl groups excluding tert-OH is 1. The molecular weight excluding hydrogens is 206 g/mol. The van der Waals surface area contributed by atoms with E-state index in [1.165, 1.54) is 0 Å². The zero-order chi connectivity index (χ0) is 12.0. The van der Waals surface area contributed by atoms with E-state index < -0.39 is 0 Å². The second kappa shape index (κ2) is 6.86. The molecule has 1 heterocycles. The number of ether oxygens (including phenoxy) is 1. The standard InChI is InChI=1S/C12H23NO3/c1-3-4-5-6-12(15)13-7-10(2)16-11(8-13)9-14/h10-11,14H,3-9H2,1-2H3. The van der Waals surface area contributed by atoms with Crippen LogP contribution in [0.2, 0.25) is 0 Å². The number of unbranched alkanes of at least 4 members (excludes halogenated alkanes) is 2. The van der Waals surface area contributed by atoms with Crippen molar-refractivity contribution in [3.05, 3.63) is 0 Å². The van der Waals surface area contributed by atoms with Crippen molar-refractivity contribution in [1.82, 2.24) is 4.90 Å². The smallest absolute Gasteiger partial charge is 0.222 e. The van der Waals surface area contributed by atoms with Gasteiger partial charge in [-0.15, -0.1) is 0 Å². The molecule has 16 heavy (non-hydrogen) atoms. The van der Waals surface area contributed by atoms with Crippen LogP contribution in [0.5, 0.6) is 0 Å². The van der Waals surface area contributed by atoms with Gasteiger partial charge in [-0.25, -0.2) is 0 Å². The quantitative estimate of drug-likeness (QED) is 0.720. The van der Waals surface area contributed by atoms with Gasteiger partial charge in [-0.3, -0.25) is 4.79 Å². The first-order valence-electron chi connectivity index (χ1n) is 6.21. The number of hydrogen-bond donors (Lipinski definition) is 1. The summed E-state index contributed by atoms with van der Waals surface area (Å²) in [6.07, 6.45) is 3.64. The molecule has 0 spiro atoms. The van der Waals surface area contributed by atoms with Gasteiger partial charge in [0.1, 0.15) is 0 Å². The van der Waals surface area contributed by atoms with E-state index in [4.69, 9.17) is 9.84 Å². The van der Waals surface area contributed by atoms with Crippen molar-refractivity contribution in [2.75, 3.05) is 19.7 Å². The molecule has 1 amide bonds. The van der Waals surface area contributed by atoms with E-state index in [2.05, 4.69) is 6.92 Å². The molecule has 1 fully saturated rings. The third kappa shape index (κ3) is 4.10. The topological polar surface area (TPSA) is 49.8 Å². The molecule has 4 heteroatoms. The predicted molar refractivity (Wildman–Crippen MR) is 62.1 cm³/mol. The Morgan fingerprint density at radius 2 is 2.19 bits per heavy atom. The summed E-state index contributed by atoms with van der Waals surface area (Å²) in [5.41, 5.74) is 0. The normalized spacial score (nSPS) is 25.8. The average molecular weight is 229 g/mol. The van der Waals surface area contributed by atoms with Gasteiger partial charge in [-0.05, 0) is 13.3 Å². The highest BCUT2D eigenvalue weighted by atomic mass is 16.5. The molecule has 1 aliphatic heterocycles. The molecule has 1 N–H and O–H groups in total. The number of aliphatic hydroxyl groups is 1. The Morgan fingerprint density at radius 1 is 1.44 bits per heavy atom. The summed E-state index contributed by atoms with van der Waals surface area (Å²) in [6.45, 7) is 5.24. The Balaban J connectivity index is 2.36. The molecule has 2 unspecified atom stereocenters.